The third-order valence-electron chi connectivity index (χ3n) is 5.29. The minimum absolute atomic E-state index is 0.00366. The van der Waals surface area contributed by atoms with Crippen LogP contribution in [-0.4, -0.2) is 21.0 Å². The van der Waals surface area contributed by atoms with E-state index in [1.165, 1.54) is 6.07 Å². The van der Waals surface area contributed by atoms with Crippen LogP contribution in [0.4, 0.5) is 27.8 Å². The zero-order chi connectivity index (χ0) is 24.7. The first-order valence-electron chi connectivity index (χ1n) is 10.2. The summed E-state index contributed by atoms with van der Waals surface area (Å²) in [4.78, 5) is 21.6. The Morgan fingerprint density at radius 1 is 1.00 bits per heavy atom. The maximum Gasteiger partial charge on any atom is 0.230 e. The molecular formula is C24H18F5N3O2. The van der Waals surface area contributed by atoms with Gasteiger partial charge in [-0.15, -0.1) is 0 Å². The van der Waals surface area contributed by atoms with E-state index in [-0.39, 0.29) is 17.3 Å². The molecule has 0 saturated heterocycles. The third kappa shape index (κ3) is 4.23. The SMILES string of the molecule is CC(C)=Cc1nc2c(nc1NC(=O)Cc1c(F)c(F)c(F)c(F)c1F)CCc1cc(O)ccc1-2. The van der Waals surface area contributed by atoms with Crippen molar-refractivity contribution in [2.24, 2.45) is 0 Å². The van der Waals surface area contributed by atoms with E-state index in [0.717, 1.165) is 16.7 Å². The highest BCUT2D eigenvalue weighted by Gasteiger charge is 2.28. The van der Waals surface area contributed by atoms with E-state index in [9.17, 15) is 31.9 Å². The predicted molar refractivity (Wildman–Crippen MR) is 114 cm³/mol. The van der Waals surface area contributed by atoms with Crippen LogP contribution in [0.25, 0.3) is 17.3 Å². The minimum Gasteiger partial charge on any atom is -0.508 e. The van der Waals surface area contributed by atoms with Gasteiger partial charge in [0.2, 0.25) is 11.7 Å². The van der Waals surface area contributed by atoms with Crippen molar-refractivity contribution in [2.75, 3.05) is 5.32 Å². The number of phenols is 1. The molecule has 10 heteroatoms. The topological polar surface area (TPSA) is 75.1 Å². The number of carbonyl (C=O) groups excluding carboxylic acids is 1. The molecule has 0 unspecified atom stereocenters. The monoisotopic (exact) mass is 475 g/mol. The number of allylic oxidation sites excluding steroid dienone is 1. The zero-order valence-electron chi connectivity index (χ0n) is 18.1. The van der Waals surface area contributed by atoms with Crippen LogP contribution in [0.15, 0.2) is 23.8 Å². The number of benzene rings is 2. The van der Waals surface area contributed by atoms with Gasteiger partial charge in [0.05, 0.1) is 17.8 Å². The molecule has 1 aliphatic rings. The number of aromatic hydroxyl groups is 1. The molecule has 0 radical (unpaired) electrons. The van der Waals surface area contributed by atoms with Crippen molar-refractivity contribution in [1.29, 1.82) is 0 Å². The van der Waals surface area contributed by atoms with Crippen molar-refractivity contribution in [3.05, 3.63) is 75.4 Å². The molecule has 0 bridgehead atoms. The molecule has 2 aromatic carbocycles. The Morgan fingerprint density at radius 3 is 2.29 bits per heavy atom. The number of halogens is 5. The fourth-order valence-corrected chi connectivity index (χ4v) is 3.75. The first kappa shape index (κ1) is 23.3. The van der Waals surface area contributed by atoms with Gasteiger partial charge in [-0.2, -0.15) is 0 Å². The van der Waals surface area contributed by atoms with Crippen molar-refractivity contribution in [3.63, 3.8) is 0 Å². The van der Waals surface area contributed by atoms with Crippen LogP contribution >= 0.6 is 0 Å². The van der Waals surface area contributed by atoms with E-state index in [0.29, 0.717) is 24.2 Å². The number of anilines is 1. The summed E-state index contributed by atoms with van der Waals surface area (Å²) in [5.74, 6) is -11.6. The summed E-state index contributed by atoms with van der Waals surface area (Å²) in [6, 6.07) is 4.88. The molecule has 1 aliphatic carbocycles. The fraction of sp³-hybridized carbons (Fsp3) is 0.208. The largest absolute Gasteiger partial charge is 0.508 e. The highest BCUT2D eigenvalue weighted by atomic mass is 19.2. The second-order valence-corrected chi connectivity index (χ2v) is 8.09. The maximum absolute atomic E-state index is 14.0. The van der Waals surface area contributed by atoms with Crippen LogP contribution in [0, 0.1) is 29.1 Å². The number of amides is 1. The molecule has 0 saturated carbocycles. The lowest BCUT2D eigenvalue weighted by molar-refractivity contribution is -0.115. The van der Waals surface area contributed by atoms with Gasteiger partial charge in [0.25, 0.3) is 0 Å². The molecule has 176 valence electrons. The van der Waals surface area contributed by atoms with Gasteiger partial charge < -0.3 is 10.4 Å². The number of hydrogen-bond acceptors (Lipinski definition) is 4. The number of rotatable bonds is 4. The third-order valence-corrected chi connectivity index (χ3v) is 5.29. The van der Waals surface area contributed by atoms with E-state index < -0.39 is 47.0 Å². The minimum atomic E-state index is -2.29. The first-order chi connectivity index (χ1) is 16.1. The number of carbonyl (C=O) groups is 1. The quantitative estimate of drug-likeness (QED) is 0.307. The lowest BCUT2D eigenvalue weighted by Gasteiger charge is -2.20. The molecule has 34 heavy (non-hydrogen) atoms. The number of hydrogen-bond donors (Lipinski definition) is 2. The van der Waals surface area contributed by atoms with E-state index in [1.54, 1.807) is 32.1 Å². The van der Waals surface area contributed by atoms with Crippen molar-refractivity contribution < 1.29 is 31.9 Å². The number of aromatic nitrogens is 2. The summed E-state index contributed by atoms with van der Waals surface area (Å²) >= 11 is 0. The normalized spacial score (nSPS) is 12.1. The van der Waals surface area contributed by atoms with Crippen LogP contribution < -0.4 is 5.32 Å². The highest BCUT2D eigenvalue weighted by Crippen LogP contribution is 2.35. The van der Waals surface area contributed by atoms with E-state index in [4.69, 9.17) is 0 Å². The maximum atomic E-state index is 14.0. The lowest BCUT2D eigenvalue weighted by Crippen LogP contribution is -2.21. The summed E-state index contributed by atoms with van der Waals surface area (Å²) in [6.45, 7) is 3.57. The van der Waals surface area contributed by atoms with Gasteiger partial charge in [0, 0.05) is 11.1 Å². The smallest absolute Gasteiger partial charge is 0.230 e. The van der Waals surface area contributed by atoms with E-state index in [1.807, 2.05) is 0 Å². The molecule has 0 atom stereocenters. The Balaban J connectivity index is 1.71. The number of fused-ring (bicyclic) bond motifs is 3. The van der Waals surface area contributed by atoms with Gasteiger partial charge in [-0.05, 0) is 56.5 Å². The Hall–Kier alpha value is -3.82. The van der Waals surface area contributed by atoms with Crippen LogP contribution in [0.2, 0.25) is 0 Å². The summed E-state index contributed by atoms with van der Waals surface area (Å²) in [5, 5.41) is 12.1. The van der Waals surface area contributed by atoms with Gasteiger partial charge in [-0.1, -0.05) is 5.57 Å². The number of phenolic OH excluding ortho intramolecular Hbond substituents is 1. The molecule has 0 spiro atoms. The molecule has 0 aliphatic heterocycles. The average Bonchev–Trinajstić information content (AvgIpc) is 2.79. The van der Waals surface area contributed by atoms with Crippen LogP contribution in [0.5, 0.6) is 5.75 Å². The van der Waals surface area contributed by atoms with Crippen molar-refractivity contribution in [2.45, 2.75) is 33.1 Å². The Bertz CT molecular complexity index is 1340. The molecule has 1 aromatic heterocycles. The molecule has 1 amide bonds. The predicted octanol–water partition coefficient (Wildman–Crippen LogP) is 5.25. The van der Waals surface area contributed by atoms with Crippen LogP contribution in [0.3, 0.4) is 0 Å². The first-order valence-corrected chi connectivity index (χ1v) is 10.2. The van der Waals surface area contributed by atoms with Crippen LogP contribution in [-0.2, 0) is 24.1 Å². The fourth-order valence-electron chi connectivity index (χ4n) is 3.75. The summed E-state index contributed by atoms with van der Waals surface area (Å²) in [7, 11) is 0. The zero-order valence-corrected chi connectivity index (χ0v) is 18.1. The summed E-state index contributed by atoms with van der Waals surface area (Å²) in [6.07, 6.45) is 1.55. The highest BCUT2D eigenvalue weighted by molar-refractivity contribution is 5.93. The molecule has 5 nitrogen and oxygen atoms in total. The van der Waals surface area contributed by atoms with Crippen molar-refractivity contribution >= 4 is 17.8 Å². The molecule has 0 fully saturated rings. The van der Waals surface area contributed by atoms with E-state index in [2.05, 4.69) is 15.3 Å². The Labute approximate surface area is 191 Å². The Morgan fingerprint density at radius 2 is 1.65 bits per heavy atom. The van der Waals surface area contributed by atoms with Crippen molar-refractivity contribution in [1.82, 2.24) is 9.97 Å². The number of aryl methyl sites for hydroxylation is 2. The lowest BCUT2D eigenvalue weighted by atomic mass is 9.91. The average molecular weight is 475 g/mol. The van der Waals surface area contributed by atoms with Crippen LogP contribution in [0.1, 0.15) is 36.4 Å². The molecular weight excluding hydrogens is 457 g/mol. The van der Waals surface area contributed by atoms with Gasteiger partial charge in [-0.25, -0.2) is 31.9 Å². The second kappa shape index (κ2) is 8.85. The summed E-state index contributed by atoms with van der Waals surface area (Å²) < 4.78 is 68.2. The standard InChI is InChI=1S/C24H18F5N3O2/c1-10(2)7-16-24(31-15-6-3-11-8-12(33)4-5-13(11)23(15)30-16)32-17(34)9-14-18(25)20(27)22(29)21(28)19(14)26/h4-5,7-8,33H,3,6,9H2,1-2H3,(H,31,32,34). The Kier molecular flexibility index (Phi) is 6.07. The van der Waals surface area contributed by atoms with Crippen molar-refractivity contribution in [3.8, 4) is 17.0 Å². The molecule has 2 N–H and O–H groups in total. The van der Waals surface area contributed by atoms with Gasteiger partial charge in [-0.3, -0.25) is 4.79 Å². The van der Waals surface area contributed by atoms with Gasteiger partial charge in [0.1, 0.15) is 11.4 Å². The molecule has 3 aromatic rings. The number of nitrogens with one attached hydrogen (secondary N) is 1. The van der Waals surface area contributed by atoms with Gasteiger partial charge in [0.15, 0.2) is 29.1 Å². The summed E-state index contributed by atoms with van der Waals surface area (Å²) in [5.41, 5.74) is 2.60. The molecule has 4 rings (SSSR count). The number of nitrogens with zero attached hydrogens (tertiary/aromatic N) is 2. The second-order valence-electron chi connectivity index (χ2n) is 8.09. The van der Waals surface area contributed by atoms with E-state index >= 15 is 0 Å². The molecule has 1 heterocycles. The van der Waals surface area contributed by atoms with Gasteiger partial charge >= 0.3 is 0 Å².